The van der Waals surface area contributed by atoms with E-state index in [1.54, 1.807) is 0 Å². The predicted octanol–water partition coefficient (Wildman–Crippen LogP) is -0.00150. The van der Waals surface area contributed by atoms with Gasteiger partial charge in [-0.05, 0) is 19.5 Å². The molecule has 0 radical (unpaired) electrons. The summed E-state index contributed by atoms with van der Waals surface area (Å²) in [7, 11) is 0. The lowest BCUT2D eigenvalue weighted by Crippen LogP contribution is -2.46. The molecule has 0 saturated carbocycles. The third-order valence-electron chi connectivity index (χ3n) is 4.58. The number of rotatable bonds is 5. The van der Waals surface area contributed by atoms with Crippen LogP contribution in [0.1, 0.15) is 25.1 Å². The van der Waals surface area contributed by atoms with E-state index < -0.39 is 0 Å². The van der Waals surface area contributed by atoms with Crippen molar-refractivity contribution in [3.05, 3.63) is 11.7 Å². The maximum atomic E-state index is 12.4. The molecule has 24 heavy (non-hydrogen) atoms. The topological polar surface area (TPSA) is 74.9 Å². The van der Waals surface area contributed by atoms with Crippen LogP contribution in [0.2, 0.25) is 0 Å². The zero-order valence-corrected chi connectivity index (χ0v) is 14.4. The molecule has 134 valence electrons. The van der Waals surface area contributed by atoms with Crippen molar-refractivity contribution in [2.45, 2.75) is 26.3 Å². The summed E-state index contributed by atoms with van der Waals surface area (Å²) in [6.45, 7) is 9.76. The maximum absolute atomic E-state index is 12.4. The Balaban J connectivity index is 1.45. The van der Waals surface area contributed by atoms with Crippen LogP contribution in [0.3, 0.4) is 0 Å². The predicted molar refractivity (Wildman–Crippen MR) is 87.4 cm³/mol. The number of aryl methyl sites for hydroxylation is 1. The molecule has 3 heterocycles. The third kappa shape index (κ3) is 4.75. The lowest BCUT2D eigenvalue weighted by Gasteiger charge is -2.29. The van der Waals surface area contributed by atoms with E-state index >= 15 is 0 Å². The summed E-state index contributed by atoms with van der Waals surface area (Å²) < 4.78 is 10.5. The molecular weight excluding hydrogens is 310 g/mol. The first-order valence-corrected chi connectivity index (χ1v) is 8.86. The van der Waals surface area contributed by atoms with Gasteiger partial charge in [-0.3, -0.25) is 14.6 Å². The van der Waals surface area contributed by atoms with Crippen molar-refractivity contribution in [2.75, 3.05) is 59.0 Å². The summed E-state index contributed by atoms with van der Waals surface area (Å²) in [4.78, 5) is 23.3. The van der Waals surface area contributed by atoms with Gasteiger partial charge in [0, 0.05) is 32.6 Å². The Hall–Kier alpha value is -1.51. The minimum absolute atomic E-state index is 0.220. The van der Waals surface area contributed by atoms with Crippen LogP contribution in [0.5, 0.6) is 0 Å². The van der Waals surface area contributed by atoms with Crippen molar-refractivity contribution in [2.24, 2.45) is 0 Å². The van der Waals surface area contributed by atoms with Crippen molar-refractivity contribution < 1.29 is 14.1 Å². The minimum atomic E-state index is 0.220. The fourth-order valence-electron chi connectivity index (χ4n) is 3.14. The summed E-state index contributed by atoms with van der Waals surface area (Å²) in [5.74, 6) is 1.67. The van der Waals surface area contributed by atoms with Gasteiger partial charge in [0.1, 0.15) is 0 Å². The zero-order chi connectivity index (χ0) is 16.8. The standard InChI is InChI=1S/C16H27N5O3/c1-2-15-17-14(18-24-15)12-19-4-3-5-20(7-6-19)13-16(22)21-8-10-23-11-9-21/h2-13H2,1H3. The number of hydrogen-bond acceptors (Lipinski definition) is 7. The van der Waals surface area contributed by atoms with Gasteiger partial charge in [0.2, 0.25) is 11.8 Å². The van der Waals surface area contributed by atoms with Crippen LogP contribution in [0.25, 0.3) is 0 Å². The molecule has 0 aliphatic carbocycles. The highest BCUT2D eigenvalue weighted by Crippen LogP contribution is 2.08. The molecule has 0 unspecified atom stereocenters. The molecule has 3 rings (SSSR count). The second kappa shape index (κ2) is 8.55. The van der Waals surface area contributed by atoms with Gasteiger partial charge >= 0.3 is 0 Å². The highest BCUT2D eigenvalue weighted by molar-refractivity contribution is 5.78. The van der Waals surface area contributed by atoms with Crippen LogP contribution in [0, 0.1) is 0 Å². The Morgan fingerprint density at radius 3 is 2.58 bits per heavy atom. The van der Waals surface area contributed by atoms with Crippen LogP contribution < -0.4 is 0 Å². The van der Waals surface area contributed by atoms with Gasteiger partial charge in [0.15, 0.2) is 5.82 Å². The SMILES string of the molecule is CCc1nc(CN2CCCN(CC(=O)N3CCOCC3)CC2)no1. The molecule has 8 nitrogen and oxygen atoms in total. The second-order valence-corrected chi connectivity index (χ2v) is 6.36. The molecule has 0 bridgehead atoms. The van der Waals surface area contributed by atoms with E-state index in [1.165, 1.54) is 0 Å². The highest BCUT2D eigenvalue weighted by Gasteiger charge is 2.22. The molecule has 0 N–H and O–H groups in total. The van der Waals surface area contributed by atoms with Gasteiger partial charge in [-0.15, -0.1) is 0 Å². The summed E-state index contributed by atoms with van der Waals surface area (Å²) in [5.41, 5.74) is 0. The average Bonchev–Trinajstić information content (AvgIpc) is 2.96. The van der Waals surface area contributed by atoms with E-state index in [0.717, 1.165) is 64.5 Å². The Kier molecular flexibility index (Phi) is 6.17. The molecule has 0 atom stereocenters. The first-order valence-electron chi connectivity index (χ1n) is 8.86. The molecule has 2 fully saturated rings. The quantitative estimate of drug-likeness (QED) is 0.748. The van der Waals surface area contributed by atoms with Crippen LogP contribution >= 0.6 is 0 Å². The number of carbonyl (C=O) groups is 1. The molecular formula is C16H27N5O3. The number of aromatic nitrogens is 2. The van der Waals surface area contributed by atoms with E-state index in [4.69, 9.17) is 9.26 Å². The molecule has 1 aromatic rings. The van der Waals surface area contributed by atoms with Gasteiger partial charge in [-0.1, -0.05) is 12.1 Å². The number of ether oxygens (including phenoxy) is 1. The van der Waals surface area contributed by atoms with Gasteiger partial charge in [0.25, 0.3) is 0 Å². The zero-order valence-electron chi connectivity index (χ0n) is 14.4. The van der Waals surface area contributed by atoms with Gasteiger partial charge in [-0.25, -0.2) is 0 Å². The summed E-state index contributed by atoms with van der Waals surface area (Å²) >= 11 is 0. The molecule has 2 saturated heterocycles. The summed E-state index contributed by atoms with van der Waals surface area (Å²) in [6.07, 6.45) is 1.82. The van der Waals surface area contributed by atoms with Crippen LogP contribution in [0.4, 0.5) is 0 Å². The van der Waals surface area contributed by atoms with Crippen molar-refractivity contribution in [1.29, 1.82) is 0 Å². The van der Waals surface area contributed by atoms with E-state index in [2.05, 4.69) is 19.9 Å². The fourth-order valence-corrected chi connectivity index (χ4v) is 3.14. The fraction of sp³-hybridized carbons (Fsp3) is 0.812. The normalized spacial score (nSPS) is 21.0. The number of hydrogen-bond donors (Lipinski definition) is 0. The lowest BCUT2D eigenvalue weighted by molar-refractivity contribution is -0.136. The molecule has 8 heteroatoms. The molecule has 1 aromatic heterocycles. The number of morpholine rings is 1. The first-order chi connectivity index (χ1) is 11.7. The Bertz CT molecular complexity index is 530. The first kappa shape index (κ1) is 17.3. The van der Waals surface area contributed by atoms with Crippen LogP contribution in [-0.4, -0.2) is 89.8 Å². The Morgan fingerprint density at radius 1 is 1.08 bits per heavy atom. The van der Waals surface area contributed by atoms with Crippen molar-refractivity contribution >= 4 is 5.91 Å². The number of amides is 1. The highest BCUT2D eigenvalue weighted by atomic mass is 16.5. The largest absolute Gasteiger partial charge is 0.378 e. The van der Waals surface area contributed by atoms with Crippen molar-refractivity contribution in [3.8, 4) is 0 Å². The van der Waals surface area contributed by atoms with Crippen LogP contribution in [0.15, 0.2) is 4.52 Å². The van der Waals surface area contributed by atoms with E-state index in [0.29, 0.717) is 25.6 Å². The minimum Gasteiger partial charge on any atom is -0.378 e. The smallest absolute Gasteiger partial charge is 0.236 e. The molecule has 1 amide bonds. The number of carbonyl (C=O) groups excluding carboxylic acids is 1. The molecule has 0 aromatic carbocycles. The molecule has 2 aliphatic heterocycles. The van der Waals surface area contributed by atoms with E-state index in [1.807, 2.05) is 11.8 Å². The summed E-state index contributed by atoms with van der Waals surface area (Å²) in [5, 5.41) is 4.03. The van der Waals surface area contributed by atoms with Crippen LogP contribution in [-0.2, 0) is 22.5 Å². The second-order valence-electron chi connectivity index (χ2n) is 6.36. The lowest BCUT2D eigenvalue weighted by atomic mass is 10.3. The van der Waals surface area contributed by atoms with Gasteiger partial charge in [0.05, 0.1) is 26.3 Å². The van der Waals surface area contributed by atoms with Gasteiger partial charge < -0.3 is 14.2 Å². The van der Waals surface area contributed by atoms with Gasteiger partial charge in [-0.2, -0.15) is 4.98 Å². The van der Waals surface area contributed by atoms with E-state index in [9.17, 15) is 4.79 Å². The maximum Gasteiger partial charge on any atom is 0.236 e. The summed E-state index contributed by atoms with van der Waals surface area (Å²) in [6, 6.07) is 0. The molecule has 0 spiro atoms. The van der Waals surface area contributed by atoms with Crippen molar-refractivity contribution in [3.63, 3.8) is 0 Å². The third-order valence-corrected chi connectivity index (χ3v) is 4.58. The van der Waals surface area contributed by atoms with E-state index in [-0.39, 0.29) is 5.91 Å². The number of nitrogens with zero attached hydrogens (tertiary/aromatic N) is 5. The Labute approximate surface area is 142 Å². The average molecular weight is 337 g/mol. The molecule has 2 aliphatic rings. The monoisotopic (exact) mass is 337 g/mol. The van der Waals surface area contributed by atoms with Crippen molar-refractivity contribution in [1.82, 2.24) is 24.8 Å². The Morgan fingerprint density at radius 2 is 1.83 bits per heavy atom.